The molecule has 0 aliphatic heterocycles. The first-order chi connectivity index (χ1) is 9.02. The second-order valence-corrected chi connectivity index (χ2v) is 5.95. The first-order valence-corrected chi connectivity index (χ1v) is 7.06. The van der Waals surface area contributed by atoms with Crippen LogP contribution in [0.1, 0.15) is 36.8 Å². The molecule has 0 bridgehead atoms. The Morgan fingerprint density at radius 3 is 2.42 bits per heavy atom. The maximum Gasteiger partial charge on any atom is 0.231 e. The predicted octanol–water partition coefficient (Wildman–Crippen LogP) is 2.22. The van der Waals surface area contributed by atoms with Gasteiger partial charge < -0.3 is 5.73 Å². The summed E-state index contributed by atoms with van der Waals surface area (Å²) in [6.07, 6.45) is 4.95. The maximum atomic E-state index is 10.9. The van der Waals surface area contributed by atoms with Gasteiger partial charge in [-0.15, -0.1) is 0 Å². The smallest absolute Gasteiger partial charge is 0.231 e. The maximum absolute atomic E-state index is 10.9. The molecule has 2 N–H and O–H groups in total. The zero-order chi connectivity index (χ0) is 13.9. The predicted molar refractivity (Wildman–Crippen MR) is 78.0 cm³/mol. The Morgan fingerprint density at radius 2 is 1.95 bits per heavy atom. The number of hydrogen-bond donors (Lipinski definition) is 1. The van der Waals surface area contributed by atoms with Gasteiger partial charge in [-0.25, -0.2) is 0 Å². The molecule has 0 spiro atoms. The molecule has 0 unspecified atom stereocenters. The van der Waals surface area contributed by atoms with Gasteiger partial charge in [0.25, 0.3) is 0 Å². The van der Waals surface area contributed by atoms with Crippen LogP contribution in [-0.2, 0) is 10.2 Å². The third kappa shape index (κ3) is 3.35. The minimum absolute atomic E-state index is 0.250. The first kappa shape index (κ1) is 14.1. The van der Waals surface area contributed by atoms with Crippen LogP contribution in [-0.4, -0.2) is 30.9 Å². The number of rotatable bonds is 6. The van der Waals surface area contributed by atoms with Gasteiger partial charge in [0.1, 0.15) is 0 Å². The normalized spacial score (nSPS) is 17.2. The first-order valence-electron chi connectivity index (χ1n) is 7.06. The van der Waals surface area contributed by atoms with E-state index in [1.807, 2.05) is 11.9 Å². The van der Waals surface area contributed by atoms with Crippen LogP contribution in [0.15, 0.2) is 24.3 Å². The number of likely N-dealkylation sites (N-methyl/N-ethyl adjacent to an activating group) is 1. The monoisotopic (exact) mass is 260 g/mol. The fourth-order valence-electron chi connectivity index (χ4n) is 2.94. The molecule has 1 aliphatic carbocycles. The zero-order valence-electron chi connectivity index (χ0n) is 12.0. The molecule has 1 aromatic carbocycles. The van der Waals surface area contributed by atoms with Crippen LogP contribution in [0.25, 0.3) is 0 Å². The molecule has 3 nitrogen and oxygen atoms in total. The number of amides is 1. The average molecular weight is 260 g/mol. The zero-order valence-corrected chi connectivity index (χ0v) is 12.0. The van der Waals surface area contributed by atoms with Crippen LogP contribution >= 0.6 is 0 Å². The van der Waals surface area contributed by atoms with Crippen LogP contribution in [0.4, 0.5) is 0 Å². The van der Waals surface area contributed by atoms with Crippen LogP contribution in [0.5, 0.6) is 0 Å². The van der Waals surface area contributed by atoms with Crippen molar-refractivity contribution in [2.45, 2.75) is 38.0 Å². The molecule has 0 atom stereocenters. The third-order valence-corrected chi connectivity index (χ3v) is 4.37. The highest BCUT2D eigenvalue weighted by molar-refractivity contribution is 5.75. The van der Waals surface area contributed by atoms with Crippen molar-refractivity contribution in [3.8, 4) is 0 Å². The summed E-state index contributed by atoms with van der Waals surface area (Å²) >= 11 is 0. The summed E-state index contributed by atoms with van der Waals surface area (Å²) in [7, 11) is 1.96. The highest BCUT2D eigenvalue weighted by atomic mass is 16.1. The molecule has 2 rings (SSSR count). The second-order valence-electron chi connectivity index (χ2n) is 5.95. The van der Waals surface area contributed by atoms with E-state index in [2.05, 4.69) is 31.2 Å². The number of hydrogen-bond acceptors (Lipinski definition) is 2. The van der Waals surface area contributed by atoms with Crippen molar-refractivity contribution < 1.29 is 4.79 Å². The van der Waals surface area contributed by atoms with Crippen LogP contribution in [0, 0.1) is 6.92 Å². The number of aryl methyl sites for hydroxylation is 1. The number of benzene rings is 1. The van der Waals surface area contributed by atoms with Gasteiger partial charge in [0.05, 0.1) is 6.54 Å². The van der Waals surface area contributed by atoms with Crippen molar-refractivity contribution in [1.82, 2.24) is 4.90 Å². The highest BCUT2D eigenvalue weighted by Gasteiger charge is 2.38. The van der Waals surface area contributed by atoms with Gasteiger partial charge >= 0.3 is 0 Å². The molecule has 3 heteroatoms. The van der Waals surface area contributed by atoms with Crippen molar-refractivity contribution >= 4 is 5.91 Å². The largest absolute Gasteiger partial charge is 0.369 e. The van der Waals surface area contributed by atoms with Gasteiger partial charge in [-0.2, -0.15) is 0 Å². The van der Waals surface area contributed by atoms with Crippen molar-refractivity contribution in [2.24, 2.45) is 5.73 Å². The lowest BCUT2D eigenvalue weighted by atomic mass is 9.62. The van der Waals surface area contributed by atoms with Crippen LogP contribution in [0.2, 0.25) is 0 Å². The van der Waals surface area contributed by atoms with Crippen molar-refractivity contribution in [2.75, 3.05) is 20.1 Å². The molecule has 1 aliphatic rings. The molecular weight excluding hydrogens is 236 g/mol. The van der Waals surface area contributed by atoms with E-state index in [0.29, 0.717) is 12.0 Å². The van der Waals surface area contributed by atoms with Crippen LogP contribution in [0.3, 0.4) is 0 Å². The summed E-state index contributed by atoms with van der Waals surface area (Å²) in [5, 5.41) is 0. The SMILES string of the molecule is Cc1ccc(C2(CCN(C)CC(N)=O)CCC2)cc1. The summed E-state index contributed by atoms with van der Waals surface area (Å²) < 4.78 is 0. The van der Waals surface area contributed by atoms with E-state index in [-0.39, 0.29) is 5.91 Å². The van der Waals surface area contributed by atoms with E-state index < -0.39 is 0 Å². The molecule has 0 radical (unpaired) electrons. The molecule has 0 heterocycles. The number of carbonyl (C=O) groups excluding carboxylic acids is 1. The summed E-state index contributed by atoms with van der Waals surface area (Å²) in [4.78, 5) is 12.9. The van der Waals surface area contributed by atoms with Gasteiger partial charge in [0.15, 0.2) is 0 Å². The minimum Gasteiger partial charge on any atom is -0.369 e. The summed E-state index contributed by atoms with van der Waals surface area (Å²) in [6.45, 7) is 3.40. The molecule has 104 valence electrons. The van der Waals surface area contributed by atoms with Gasteiger partial charge in [0, 0.05) is 0 Å². The fourth-order valence-corrected chi connectivity index (χ4v) is 2.94. The minimum atomic E-state index is -0.250. The van der Waals surface area contributed by atoms with E-state index in [1.54, 1.807) is 0 Å². The fraction of sp³-hybridized carbons (Fsp3) is 0.562. The van der Waals surface area contributed by atoms with Crippen molar-refractivity contribution in [3.63, 3.8) is 0 Å². The molecule has 19 heavy (non-hydrogen) atoms. The van der Waals surface area contributed by atoms with Gasteiger partial charge in [-0.05, 0) is 50.8 Å². The Morgan fingerprint density at radius 1 is 1.32 bits per heavy atom. The standard InChI is InChI=1S/C16H24N2O/c1-13-4-6-14(7-5-13)16(8-3-9-16)10-11-18(2)12-15(17)19/h4-7H,3,8-12H2,1-2H3,(H2,17,19). The quantitative estimate of drug-likeness (QED) is 0.852. The van der Waals surface area contributed by atoms with E-state index in [9.17, 15) is 4.79 Å². The lowest BCUT2D eigenvalue weighted by Crippen LogP contribution is -2.39. The molecule has 1 amide bonds. The van der Waals surface area contributed by atoms with E-state index in [1.165, 1.54) is 30.4 Å². The van der Waals surface area contributed by atoms with Gasteiger partial charge in [0.2, 0.25) is 5.91 Å². The number of carbonyl (C=O) groups is 1. The van der Waals surface area contributed by atoms with Crippen LogP contribution < -0.4 is 5.73 Å². The van der Waals surface area contributed by atoms with E-state index in [0.717, 1.165) is 13.0 Å². The Balaban J connectivity index is 1.99. The Bertz CT molecular complexity index is 435. The summed E-state index contributed by atoms with van der Waals surface area (Å²) in [5.41, 5.74) is 8.32. The van der Waals surface area contributed by atoms with Crippen molar-refractivity contribution in [1.29, 1.82) is 0 Å². The Hall–Kier alpha value is -1.35. The lowest BCUT2D eigenvalue weighted by Gasteiger charge is -2.43. The molecule has 0 saturated heterocycles. The molecular formula is C16H24N2O. The van der Waals surface area contributed by atoms with E-state index >= 15 is 0 Å². The summed E-state index contributed by atoms with van der Waals surface area (Å²) in [6, 6.07) is 8.93. The molecule has 1 fully saturated rings. The number of nitrogens with two attached hydrogens (primary N) is 1. The number of primary amides is 1. The Labute approximate surface area is 115 Å². The highest BCUT2D eigenvalue weighted by Crippen LogP contribution is 2.46. The molecule has 0 aromatic heterocycles. The van der Waals surface area contributed by atoms with E-state index in [4.69, 9.17) is 5.73 Å². The van der Waals surface area contributed by atoms with Gasteiger partial charge in [-0.3, -0.25) is 9.69 Å². The third-order valence-electron chi connectivity index (χ3n) is 4.37. The van der Waals surface area contributed by atoms with Crippen molar-refractivity contribution in [3.05, 3.63) is 35.4 Å². The topological polar surface area (TPSA) is 46.3 Å². The van der Waals surface area contributed by atoms with Gasteiger partial charge in [-0.1, -0.05) is 36.2 Å². The lowest BCUT2D eigenvalue weighted by molar-refractivity contribution is -0.118. The second kappa shape index (κ2) is 5.74. The molecule has 1 saturated carbocycles. The average Bonchev–Trinajstić information content (AvgIpc) is 2.29. The number of nitrogens with zero attached hydrogens (tertiary/aromatic N) is 1. The Kier molecular flexibility index (Phi) is 4.25. The summed E-state index contributed by atoms with van der Waals surface area (Å²) in [5.74, 6) is -0.250. The molecule has 1 aromatic rings.